The fourth-order valence-corrected chi connectivity index (χ4v) is 2.37. The van der Waals surface area contributed by atoms with Gasteiger partial charge >= 0.3 is 0 Å². The molecular weight excluding hydrogens is 288 g/mol. The van der Waals surface area contributed by atoms with Gasteiger partial charge in [-0.15, -0.1) is 0 Å². The van der Waals surface area contributed by atoms with Crippen molar-refractivity contribution in [3.05, 3.63) is 65.7 Å². The lowest BCUT2D eigenvalue weighted by molar-refractivity contribution is 0.107. The molecule has 2 aromatic carbocycles. The molecule has 0 bridgehead atoms. The lowest BCUT2D eigenvalue weighted by Gasteiger charge is -2.12. The lowest BCUT2D eigenvalue weighted by Crippen LogP contribution is -2.04. The van der Waals surface area contributed by atoms with E-state index in [1.54, 1.807) is 0 Å². The molecule has 0 aliphatic carbocycles. The smallest absolute Gasteiger partial charge is 0.119 e. The third kappa shape index (κ3) is 6.43. The average molecular weight is 314 g/mol. The number of aliphatic hydroxyl groups is 1. The molecule has 0 spiro atoms. The maximum absolute atomic E-state index is 10.0. The van der Waals surface area contributed by atoms with Gasteiger partial charge in [-0.1, -0.05) is 55.8 Å². The summed E-state index contributed by atoms with van der Waals surface area (Å²) >= 11 is 0. The molecule has 0 amide bonds. The Kier molecular flexibility index (Phi) is 7.64. The van der Waals surface area contributed by atoms with E-state index >= 15 is 0 Å². The van der Waals surface area contributed by atoms with Gasteiger partial charge in [-0.25, -0.2) is 0 Å². The van der Waals surface area contributed by atoms with Crippen molar-refractivity contribution in [3.8, 4) is 5.75 Å². The van der Waals surface area contributed by atoms with E-state index in [1.807, 2.05) is 42.5 Å². The predicted octanol–water partition coefficient (Wildman–Crippen LogP) is 4.51. The molecule has 1 N–H and O–H groups in total. The van der Waals surface area contributed by atoms with E-state index in [0.29, 0.717) is 19.8 Å². The van der Waals surface area contributed by atoms with Gasteiger partial charge in [0.15, 0.2) is 0 Å². The molecule has 2 aromatic rings. The maximum Gasteiger partial charge on any atom is 0.119 e. The van der Waals surface area contributed by atoms with Crippen molar-refractivity contribution in [2.75, 3.05) is 13.2 Å². The monoisotopic (exact) mass is 314 g/mol. The van der Waals surface area contributed by atoms with Crippen LogP contribution in [0.25, 0.3) is 0 Å². The molecular formula is C20H26O3. The maximum atomic E-state index is 10.0. The van der Waals surface area contributed by atoms with Gasteiger partial charge in [0.1, 0.15) is 5.75 Å². The predicted molar refractivity (Wildman–Crippen MR) is 92.5 cm³/mol. The van der Waals surface area contributed by atoms with Crippen LogP contribution >= 0.6 is 0 Å². The first-order valence-electron chi connectivity index (χ1n) is 8.32. The molecule has 0 saturated heterocycles. The van der Waals surface area contributed by atoms with Crippen LogP contribution in [0, 0.1) is 0 Å². The largest absolute Gasteiger partial charge is 0.493 e. The molecule has 0 heterocycles. The van der Waals surface area contributed by atoms with Gasteiger partial charge in [-0.3, -0.25) is 0 Å². The average Bonchev–Trinajstić information content (AvgIpc) is 2.59. The van der Waals surface area contributed by atoms with Crippen LogP contribution in [0.2, 0.25) is 0 Å². The summed E-state index contributed by atoms with van der Waals surface area (Å²) < 4.78 is 11.4. The summed E-state index contributed by atoms with van der Waals surface area (Å²) in [5.74, 6) is 0.806. The molecule has 0 aliphatic heterocycles. The number of rotatable bonds is 10. The second-order valence-corrected chi connectivity index (χ2v) is 5.62. The van der Waals surface area contributed by atoms with E-state index < -0.39 is 6.10 Å². The highest BCUT2D eigenvalue weighted by atomic mass is 16.5. The summed E-state index contributed by atoms with van der Waals surface area (Å²) in [7, 11) is 0. The molecule has 23 heavy (non-hydrogen) atoms. The van der Waals surface area contributed by atoms with E-state index in [9.17, 15) is 5.11 Å². The van der Waals surface area contributed by atoms with E-state index in [1.165, 1.54) is 5.56 Å². The van der Waals surface area contributed by atoms with Gasteiger partial charge in [-0.05, 0) is 29.7 Å². The number of aliphatic hydroxyl groups excluding tert-OH is 1. The van der Waals surface area contributed by atoms with Crippen LogP contribution in [0.3, 0.4) is 0 Å². The van der Waals surface area contributed by atoms with Gasteiger partial charge in [0.05, 0.1) is 25.9 Å². The van der Waals surface area contributed by atoms with Crippen LogP contribution in [0.4, 0.5) is 0 Å². The summed E-state index contributed by atoms with van der Waals surface area (Å²) in [4.78, 5) is 0. The fourth-order valence-electron chi connectivity index (χ4n) is 2.37. The van der Waals surface area contributed by atoms with Crippen molar-refractivity contribution in [1.82, 2.24) is 0 Å². The standard InChI is InChI=1S/C20H26O3/c1-2-8-20(21)18-11-6-12-19(15-18)23-14-7-13-22-16-17-9-4-3-5-10-17/h3-6,9-12,15,20-21H,2,7-8,13-14,16H2,1H3. The molecule has 0 aromatic heterocycles. The van der Waals surface area contributed by atoms with Crippen molar-refractivity contribution in [2.45, 2.75) is 38.9 Å². The number of benzene rings is 2. The summed E-state index contributed by atoms with van der Waals surface area (Å²) in [5.41, 5.74) is 2.11. The van der Waals surface area contributed by atoms with Crippen LogP contribution < -0.4 is 4.74 Å². The Labute approximate surface area is 138 Å². The first-order chi connectivity index (χ1) is 11.3. The van der Waals surface area contributed by atoms with Gasteiger partial charge < -0.3 is 14.6 Å². The molecule has 124 valence electrons. The van der Waals surface area contributed by atoms with Crippen LogP contribution in [0.15, 0.2) is 54.6 Å². The minimum Gasteiger partial charge on any atom is -0.493 e. The molecule has 2 rings (SSSR count). The number of ether oxygens (including phenoxy) is 2. The van der Waals surface area contributed by atoms with Crippen LogP contribution in [-0.4, -0.2) is 18.3 Å². The van der Waals surface area contributed by atoms with E-state index in [0.717, 1.165) is 30.6 Å². The van der Waals surface area contributed by atoms with E-state index in [2.05, 4.69) is 19.1 Å². The zero-order chi connectivity index (χ0) is 16.3. The lowest BCUT2D eigenvalue weighted by atomic mass is 10.1. The second-order valence-electron chi connectivity index (χ2n) is 5.62. The molecule has 0 radical (unpaired) electrons. The quantitative estimate of drug-likeness (QED) is 0.656. The van der Waals surface area contributed by atoms with Crippen molar-refractivity contribution in [1.29, 1.82) is 0 Å². The Morgan fingerprint density at radius 2 is 1.83 bits per heavy atom. The Morgan fingerprint density at radius 1 is 1.00 bits per heavy atom. The third-order valence-electron chi connectivity index (χ3n) is 3.62. The summed E-state index contributed by atoms with van der Waals surface area (Å²) in [6.45, 7) is 3.99. The molecule has 3 nitrogen and oxygen atoms in total. The molecule has 0 fully saturated rings. The zero-order valence-corrected chi connectivity index (χ0v) is 13.8. The summed E-state index contributed by atoms with van der Waals surface area (Å²) in [6, 6.07) is 17.9. The van der Waals surface area contributed by atoms with Crippen molar-refractivity contribution < 1.29 is 14.6 Å². The Morgan fingerprint density at radius 3 is 2.61 bits per heavy atom. The highest BCUT2D eigenvalue weighted by Gasteiger charge is 2.07. The Bertz CT molecular complexity index is 554. The molecule has 0 saturated carbocycles. The van der Waals surface area contributed by atoms with Gasteiger partial charge in [0.2, 0.25) is 0 Å². The molecule has 1 unspecified atom stereocenters. The van der Waals surface area contributed by atoms with Crippen molar-refractivity contribution in [2.24, 2.45) is 0 Å². The molecule has 0 aliphatic rings. The van der Waals surface area contributed by atoms with Gasteiger partial charge in [-0.2, -0.15) is 0 Å². The topological polar surface area (TPSA) is 38.7 Å². The van der Waals surface area contributed by atoms with Crippen LogP contribution in [0.5, 0.6) is 5.75 Å². The van der Waals surface area contributed by atoms with Gasteiger partial charge in [0.25, 0.3) is 0 Å². The first kappa shape index (κ1) is 17.5. The highest BCUT2D eigenvalue weighted by Crippen LogP contribution is 2.22. The molecule has 1 atom stereocenters. The summed E-state index contributed by atoms with van der Waals surface area (Å²) in [6.07, 6.45) is 2.17. The summed E-state index contributed by atoms with van der Waals surface area (Å²) in [5, 5.41) is 10.0. The van der Waals surface area contributed by atoms with Crippen molar-refractivity contribution in [3.63, 3.8) is 0 Å². The Hall–Kier alpha value is -1.84. The number of hydrogen-bond donors (Lipinski definition) is 1. The van der Waals surface area contributed by atoms with Gasteiger partial charge in [0, 0.05) is 6.42 Å². The van der Waals surface area contributed by atoms with Crippen LogP contribution in [-0.2, 0) is 11.3 Å². The normalized spacial score (nSPS) is 12.1. The SMILES string of the molecule is CCCC(O)c1cccc(OCCCOCc2ccccc2)c1. The Balaban J connectivity index is 1.65. The minimum atomic E-state index is -0.405. The second kappa shape index (κ2) is 10.0. The highest BCUT2D eigenvalue weighted by molar-refractivity contribution is 5.29. The third-order valence-corrected chi connectivity index (χ3v) is 3.62. The zero-order valence-electron chi connectivity index (χ0n) is 13.8. The first-order valence-corrected chi connectivity index (χ1v) is 8.32. The van der Waals surface area contributed by atoms with Crippen molar-refractivity contribution >= 4 is 0 Å². The van der Waals surface area contributed by atoms with E-state index in [4.69, 9.17) is 9.47 Å². The van der Waals surface area contributed by atoms with Crippen LogP contribution in [0.1, 0.15) is 43.4 Å². The van der Waals surface area contributed by atoms with E-state index in [-0.39, 0.29) is 0 Å². The number of hydrogen-bond acceptors (Lipinski definition) is 3. The minimum absolute atomic E-state index is 0.405. The molecule has 3 heteroatoms. The fraction of sp³-hybridized carbons (Fsp3) is 0.400.